The zero-order valence-corrected chi connectivity index (χ0v) is 18.3. The summed E-state index contributed by atoms with van der Waals surface area (Å²) in [6.45, 7) is 5.59. The summed E-state index contributed by atoms with van der Waals surface area (Å²) in [5.74, 6) is 2.41. The van der Waals surface area contributed by atoms with Gasteiger partial charge in [0.05, 0.1) is 26.4 Å². The van der Waals surface area contributed by atoms with E-state index in [1.807, 2.05) is 30.3 Å². The Morgan fingerprint density at radius 3 is 2.29 bits per heavy atom. The minimum Gasteiger partial charge on any atom is -0.378 e. The third kappa shape index (κ3) is 8.64. The third-order valence-electron chi connectivity index (χ3n) is 5.18. The van der Waals surface area contributed by atoms with E-state index in [0.29, 0.717) is 63.4 Å². The van der Waals surface area contributed by atoms with Gasteiger partial charge in [-0.15, -0.1) is 0 Å². The molecule has 9 heteroatoms. The number of benzene rings is 1. The molecule has 170 valence electrons. The molecule has 0 bridgehead atoms. The second kappa shape index (κ2) is 13.0. The molecule has 3 rings (SSSR count). The summed E-state index contributed by atoms with van der Waals surface area (Å²) >= 11 is 0. The molecule has 1 saturated carbocycles. The molecule has 0 amide bonds. The van der Waals surface area contributed by atoms with Gasteiger partial charge in [-0.1, -0.05) is 25.1 Å². The first-order chi connectivity index (χ1) is 15.2. The molecule has 0 spiro atoms. The highest BCUT2D eigenvalue weighted by Crippen LogP contribution is 2.26. The van der Waals surface area contributed by atoms with Crippen molar-refractivity contribution in [2.24, 2.45) is 11.7 Å². The number of hydrogen-bond donors (Lipinski definition) is 4. The van der Waals surface area contributed by atoms with Crippen LogP contribution in [0.25, 0.3) is 0 Å². The van der Waals surface area contributed by atoms with Crippen LogP contribution in [-0.2, 0) is 9.47 Å². The highest BCUT2D eigenvalue weighted by atomic mass is 16.5. The van der Waals surface area contributed by atoms with E-state index in [-0.39, 0.29) is 0 Å². The van der Waals surface area contributed by atoms with Crippen LogP contribution in [0.3, 0.4) is 0 Å². The van der Waals surface area contributed by atoms with E-state index in [1.54, 1.807) is 0 Å². The Hall–Kier alpha value is -2.49. The molecule has 2 aromatic rings. The maximum atomic E-state index is 5.56. The molecule has 9 nitrogen and oxygen atoms in total. The Kier molecular flexibility index (Phi) is 9.75. The average Bonchev–Trinajstić information content (AvgIpc) is 2.78. The van der Waals surface area contributed by atoms with Crippen molar-refractivity contribution in [3.63, 3.8) is 0 Å². The van der Waals surface area contributed by atoms with Crippen LogP contribution in [0.2, 0.25) is 0 Å². The molecule has 0 aliphatic heterocycles. The number of nitrogens with zero attached hydrogens (tertiary/aromatic N) is 3. The largest absolute Gasteiger partial charge is 0.378 e. The molecule has 1 fully saturated rings. The molecule has 31 heavy (non-hydrogen) atoms. The van der Waals surface area contributed by atoms with Crippen LogP contribution in [0.15, 0.2) is 30.3 Å². The lowest BCUT2D eigenvalue weighted by Gasteiger charge is -2.27. The van der Waals surface area contributed by atoms with Crippen molar-refractivity contribution in [1.29, 1.82) is 0 Å². The predicted octanol–water partition coefficient (Wildman–Crippen LogP) is 3.01. The lowest BCUT2D eigenvalue weighted by atomic mass is 9.87. The van der Waals surface area contributed by atoms with E-state index in [1.165, 1.54) is 12.8 Å². The molecule has 0 atom stereocenters. The quantitative estimate of drug-likeness (QED) is 0.356. The van der Waals surface area contributed by atoms with E-state index in [0.717, 1.165) is 24.4 Å². The number of anilines is 4. The summed E-state index contributed by atoms with van der Waals surface area (Å²) in [6.07, 6.45) is 4.73. The van der Waals surface area contributed by atoms with Crippen LogP contribution >= 0.6 is 0 Å². The topological polar surface area (TPSA) is 119 Å². The van der Waals surface area contributed by atoms with Crippen molar-refractivity contribution in [1.82, 2.24) is 15.0 Å². The molecule has 1 aromatic heterocycles. The van der Waals surface area contributed by atoms with E-state index < -0.39 is 0 Å². The minimum atomic E-state index is 0.396. The zero-order chi connectivity index (χ0) is 21.7. The van der Waals surface area contributed by atoms with Gasteiger partial charge < -0.3 is 31.2 Å². The number of hydrogen-bond acceptors (Lipinski definition) is 9. The van der Waals surface area contributed by atoms with Gasteiger partial charge in [0.15, 0.2) is 0 Å². The van der Waals surface area contributed by atoms with Crippen LogP contribution in [0.4, 0.5) is 23.5 Å². The fourth-order valence-corrected chi connectivity index (χ4v) is 3.45. The monoisotopic (exact) mass is 429 g/mol. The third-order valence-corrected chi connectivity index (χ3v) is 5.18. The number of ether oxygens (including phenoxy) is 2. The predicted molar refractivity (Wildman–Crippen MR) is 124 cm³/mol. The van der Waals surface area contributed by atoms with Crippen molar-refractivity contribution < 1.29 is 9.47 Å². The number of nitrogens with one attached hydrogen (secondary N) is 3. The van der Waals surface area contributed by atoms with E-state index in [2.05, 4.69) is 37.8 Å². The van der Waals surface area contributed by atoms with Gasteiger partial charge in [0.25, 0.3) is 0 Å². The average molecular weight is 430 g/mol. The van der Waals surface area contributed by atoms with Gasteiger partial charge in [0, 0.05) is 24.8 Å². The summed E-state index contributed by atoms with van der Waals surface area (Å²) in [5.41, 5.74) is 6.32. The van der Waals surface area contributed by atoms with Gasteiger partial charge in [-0.2, -0.15) is 15.0 Å². The van der Waals surface area contributed by atoms with Gasteiger partial charge in [0.1, 0.15) is 0 Å². The Morgan fingerprint density at radius 1 is 0.871 bits per heavy atom. The summed E-state index contributed by atoms with van der Waals surface area (Å²) in [5, 5.41) is 9.99. The minimum absolute atomic E-state index is 0.396. The van der Waals surface area contributed by atoms with E-state index in [9.17, 15) is 0 Å². The van der Waals surface area contributed by atoms with Crippen molar-refractivity contribution in [2.75, 3.05) is 55.5 Å². The standard InChI is InChI=1S/C22H35N7O2/c1-17-7-9-19(10-8-17)26-22-28-20(24-12-14-31-16-15-30-13-11-23)27-21(29-22)25-18-5-3-2-4-6-18/h2-6,17,19H,7-16,23H2,1H3,(H3,24,25,26,27,28,29). The van der Waals surface area contributed by atoms with Gasteiger partial charge in [0.2, 0.25) is 17.8 Å². The smallest absolute Gasteiger partial charge is 0.233 e. The molecule has 0 unspecified atom stereocenters. The molecular formula is C22H35N7O2. The lowest BCUT2D eigenvalue weighted by molar-refractivity contribution is 0.0547. The van der Waals surface area contributed by atoms with Crippen LogP contribution < -0.4 is 21.7 Å². The zero-order valence-electron chi connectivity index (χ0n) is 18.3. The molecule has 1 aliphatic carbocycles. The number of para-hydroxylation sites is 1. The second-order valence-electron chi connectivity index (χ2n) is 7.84. The summed E-state index contributed by atoms with van der Waals surface area (Å²) in [6, 6.07) is 10.3. The Balaban J connectivity index is 1.56. The van der Waals surface area contributed by atoms with Crippen molar-refractivity contribution in [2.45, 2.75) is 38.6 Å². The molecule has 0 saturated heterocycles. The normalized spacial score (nSPS) is 18.5. The molecule has 1 heterocycles. The summed E-state index contributed by atoms with van der Waals surface area (Å²) in [4.78, 5) is 13.7. The van der Waals surface area contributed by atoms with E-state index in [4.69, 9.17) is 15.2 Å². The number of aromatic nitrogens is 3. The summed E-state index contributed by atoms with van der Waals surface area (Å²) < 4.78 is 10.9. The molecular weight excluding hydrogens is 394 g/mol. The van der Waals surface area contributed by atoms with Crippen LogP contribution in [0, 0.1) is 5.92 Å². The first kappa shape index (κ1) is 23.2. The highest BCUT2D eigenvalue weighted by molar-refractivity contribution is 5.55. The first-order valence-corrected chi connectivity index (χ1v) is 11.2. The fraction of sp³-hybridized carbons (Fsp3) is 0.591. The molecule has 1 aromatic carbocycles. The van der Waals surface area contributed by atoms with Gasteiger partial charge in [-0.25, -0.2) is 0 Å². The molecule has 0 radical (unpaired) electrons. The maximum absolute atomic E-state index is 5.56. The van der Waals surface area contributed by atoms with Crippen LogP contribution in [0.5, 0.6) is 0 Å². The van der Waals surface area contributed by atoms with Crippen LogP contribution in [-0.4, -0.2) is 60.5 Å². The Labute approximate surface area is 184 Å². The Morgan fingerprint density at radius 2 is 1.55 bits per heavy atom. The van der Waals surface area contributed by atoms with Gasteiger partial charge in [-0.05, 0) is 43.7 Å². The SMILES string of the molecule is CC1CCC(Nc2nc(NCCOCCOCCN)nc(Nc3ccccc3)n2)CC1. The highest BCUT2D eigenvalue weighted by Gasteiger charge is 2.19. The van der Waals surface area contributed by atoms with Gasteiger partial charge in [-0.3, -0.25) is 0 Å². The number of nitrogens with two attached hydrogens (primary N) is 1. The van der Waals surface area contributed by atoms with Gasteiger partial charge >= 0.3 is 0 Å². The fourth-order valence-electron chi connectivity index (χ4n) is 3.45. The second-order valence-corrected chi connectivity index (χ2v) is 7.84. The van der Waals surface area contributed by atoms with Crippen LogP contribution in [0.1, 0.15) is 32.6 Å². The van der Waals surface area contributed by atoms with E-state index >= 15 is 0 Å². The summed E-state index contributed by atoms with van der Waals surface area (Å²) in [7, 11) is 0. The van der Waals surface area contributed by atoms with Crippen molar-refractivity contribution in [3.05, 3.63) is 30.3 Å². The van der Waals surface area contributed by atoms with Crippen molar-refractivity contribution >= 4 is 23.5 Å². The lowest BCUT2D eigenvalue weighted by Crippen LogP contribution is -2.26. The molecule has 1 aliphatic rings. The molecule has 5 N–H and O–H groups in total. The number of rotatable bonds is 13. The maximum Gasteiger partial charge on any atom is 0.233 e. The van der Waals surface area contributed by atoms with Crippen molar-refractivity contribution in [3.8, 4) is 0 Å². The Bertz CT molecular complexity index is 755. The first-order valence-electron chi connectivity index (χ1n) is 11.2.